The lowest BCUT2D eigenvalue weighted by molar-refractivity contribution is -0.137. The number of carbonyl (C=O) groups is 3. The zero-order valence-corrected chi connectivity index (χ0v) is 15.6. The molecule has 1 aromatic carbocycles. The molecule has 4 amide bonds. The molecule has 1 spiro atoms. The molecule has 144 valence electrons. The van der Waals surface area contributed by atoms with Gasteiger partial charge in [-0.05, 0) is 18.9 Å². The molecule has 2 aliphatic heterocycles. The van der Waals surface area contributed by atoms with Crippen molar-refractivity contribution >= 4 is 17.8 Å². The lowest BCUT2D eigenvalue weighted by Crippen LogP contribution is -2.49. The first kappa shape index (κ1) is 17.8. The molecule has 27 heavy (non-hydrogen) atoms. The van der Waals surface area contributed by atoms with Crippen molar-refractivity contribution < 1.29 is 19.1 Å². The number of nitrogens with zero attached hydrogens (tertiary/aromatic N) is 2. The molecule has 3 aliphatic rings. The van der Waals surface area contributed by atoms with Gasteiger partial charge in [-0.2, -0.15) is 0 Å². The largest absolute Gasteiger partial charge is 0.493 e. The predicted molar refractivity (Wildman–Crippen MR) is 98.1 cm³/mol. The number of fused-ring (bicyclic) bond motifs is 1. The van der Waals surface area contributed by atoms with Gasteiger partial charge in [0.2, 0.25) is 5.91 Å². The van der Waals surface area contributed by atoms with Gasteiger partial charge in [-0.3, -0.25) is 14.5 Å². The second-order valence-corrected chi connectivity index (χ2v) is 7.62. The number of ether oxygens (including phenoxy) is 1. The topological polar surface area (TPSA) is 79.0 Å². The van der Waals surface area contributed by atoms with Crippen LogP contribution >= 0.6 is 0 Å². The second kappa shape index (κ2) is 6.87. The van der Waals surface area contributed by atoms with E-state index in [2.05, 4.69) is 5.32 Å². The zero-order chi connectivity index (χ0) is 19.0. The summed E-state index contributed by atoms with van der Waals surface area (Å²) in [4.78, 5) is 40.9. The van der Waals surface area contributed by atoms with Crippen molar-refractivity contribution in [1.29, 1.82) is 0 Å². The molecule has 7 heteroatoms. The minimum atomic E-state index is -0.749. The Labute approximate surface area is 158 Å². The van der Waals surface area contributed by atoms with E-state index < -0.39 is 5.54 Å². The number of nitrogens with one attached hydrogen (secondary N) is 1. The summed E-state index contributed by atoms with van der Waals surface area (Å²) in [5.41, 5.74) is 0.179. The Morgan fingerprint density at radius 1 is 1.22 bits per heavy atom. The molecular formula is C20H25N3O4. The average Bonchev–Trinajstić information content (AvgIpc) is 2.85. The SMILES string of the molecule is CN1C(=O)N(CC(=O)N[C@@H]2CCOc3ccccc32)C(=O)C12CCCCC2. The molecule has 0 bridgehead atoms. The Bertz CT molecular complexity index is 772. The summed E-state index contributed by atoms with van der Waals surface area (Å²) in [7, 11) is 1.68. The first-order valence-electron chi connectivity index (χ1n) is 9.64. The van der Waals surface area contributed by atoms with Gasteiger partial charge >= 0.3 is 6.03 Å². The van der Waals surface area contributed by atoms with E-state index in [0.29, 0.717) is 25.9 Å². The van der Waals surface area contributed by atoms with Gasteiger partial charge in [0, 0.05) is 19.0 Å². The maximum Gasteiger partial charge on any atom is 0.327 e. The van der Waals surface area contributed by atoms with Crippen molar-refractivity contribution in [2.45, 2.75) is 50.1 Å². The minimum absolute atomic E-state index is 0.170. The van der Waals surface area contributed by atoms with Crippen LogP contribution in [0.15, 0.2) is 24.3 Å². The zero-order valence-electron chi connectivity index (χ0n) is 15.6. The van der Waals surface area contributed by atoms with E-state index in [4.69, 9.17) is 4.74 Å². The lowest BCUT2D eigenvalue weighted by Gasteiger charge is -2.35. The van der Waals surface area contributed by atoms with Crippen LogP contribution in [0.5, 0.6) is 5.75 Å². The van der Waals surface area contributed by atoms with Gasteiger partial charge in [0.25, 0.3) is 5.91 Å². The Hall–Kier alpha value is -2.57. The van der Waals surface area contributed by atoms with Crippen LogP contribution in [0, 0.1) is 0 Å². The number of rotatable bonds is 3. The van der Waals surface area contributed by atoms with Crippen LogP contribution in [0.1, 0.15) is 50.1 Å². The molecule has 0 aromatic heterocycles. The van der Waals surface area contributed by atoms with E-state index in [1.54, 1.807) is 11.9 Å². The fourth-order valence-electron chi connectivity index (χ4n) is 4.55. The van der Waals surface area contributed by atoms with Crippen LogP contribution in [-0.2, 0) is 9.59 Å². The summed E-state index contributed by atoms with van der Waals surface area (Å²) in [5.74, 6) is 0.222. The van der Waals surface area contributed by atoms with Crippen LogP contribution in [0.25, 0.3) is 0 Å². The fourth-order valence-corrected chi connectivity index (χ4v) is 4.55. The lowest BCUT2D eigenvalue weighted by atomic mass is 9.81. The highest BCUT2D eigenvalue weighted by Gasteiger charge is 2.55. The van der Waals surface area contributed by atoms with E-state index in [-0.39, 0.29) is 30.4 Å². The van der Waals surface area contributed by atoms with Crippen LogP contribution < -0.4 is 10.1 Å². The molecule has 1 atom stereocenters. The molecule has 1 aliphatic carbocycles. The number of para-hydroxylation sites is 1. The van der Waals surface area contributed by atoms with Crippen molar-refractivity contribution in [3.8, 4) is 5.75 Å². The van der Waals surface area contributed by atoms with Crippen LogP contribution in [0.4, 0.5) is 4.79 Å². The van der Waals surface area contributed by atoms with Crippen molar-refractivity contribution in [2.75, 3.05) is 20.2 Å². The Kier molecular flexibility index (Phi) is 4.53. The third-order valence-electron chi connectivity index (χ3n) is 6.08. The number of carbonyl (C=O) groups excluding carboxylic acids is 3. The predicted octanol–water partition coefficient (Wildman–Crippen LogP) is 2.22. The first-order valence-corrected chi connectivity index (χ1v) is 9.64. The van der Waals surface area contributed by atoms with Gasteiger partial charge in [-0.1, -0.05) is 37.5 Å². The fraction of sp³-hybridized carbons (Fsp3) is 0.550. The molecule has 4 rings (SSSR count). The number of hydrogen-bond acceptors (Lipinski definition) is 4. The van der Waals surface area contributed by atoms with E-state index in [1.807, 2.05) is 24.3 Å². The standard InChI is InChI=1S/C20H25N3O4/c1-22-19(26)23(18(25)20(22)10-5-2-6-11-20)13-17(24)21-15-9-12-27-16-8-4-3-7-14(15)16/h3-4,7-8,15H,2,5-6,9-13H2,1H3,(H,21,24)/t15-/m1/s1. The maximum atomic E-state index is 13.0. The van der Waals surface area contributed by atoms with E-state index in [9.17, 15) is 14.4 Å². The number of urea groups is 1. The summed E-state index contributed by atoms with van der Waals surface area (Å²) < 4.78 is 5.62. The molecule has 7 nitrogen and oxygen atoms in total. The number of likely N-dealkylation sites (N-methyl/N-ethyl adjacent to an activating group) is 1. The summed E-state index contributed by atoms with van der Waals surface area (Å²) >= 11 is 0. The molecule has 1 aromatic rings. The summed E-state index contributed by atoms with van der Waals surface area (Å²) in [6.45, 7) is 0.290. The van der Waals surface area contributed by atoms with Crippen molar-refractivity contribution in [3.05, 3.63) is 29.8 Å². The Morgan fingerprint density at radius 3 is 2.74 bits per heavy atom. The molecule has 0 unspecified atom stereocenters. The van der Waals surface area contributed by atoms with Gasteiger partial charge in [-0.15, -0.1) is 0 Å². The number of benzene rings is 1. The highest BCUT2D eigenvalue weighted by Crippen LogP contribution is 2.39. The number of amides is 4. The number of hydrogen-bond donors (Lipinski definition) is 1. The molecule has 0 radical (unpaired) electrons. The monoisotopic (exact) mass is 371 g/mol. The van der Waals surface area contributed by atoms with E-state index >= 15 is 0 Å². The first-order chi connectivity index (χ1) is 13.0. The average molecular weight is 371 g/mol. The maximum absolute atomic E-state index is 13.0. The van der Waals surface area contributed by atoms with E-state index in [1.165, 1.54) is 0 Å². The third-order valence-corrected chi connectivity index (χ3v) is 6.08. The van der Waals surface area contributed by atoms with Gasteiger partial charge in [0.1, 0.15) is 17.8 Å². The minimum Gasteiger partial charge on any atom is -0.493 e. The smallest absolute Gasteiger partial charge is 0.327 e. The number of imide groups is 1. The summed E-state index contributed by atoms with van der Waals surface area (Å²) in [5, 5.41) is 2.97. The normalized spacial score (nSPS) is 24.0. The van der Waals surface area contributed by atoms with E-state index in [0.717, 1.165) is 35.5 Å². The quantitative estimate of drug-likeness (QED) is 0.827. The summed E-state index contributed by atoms with van der Waals surface area (Å²) in [6, 6.07) is 7.06. The van der Waals surface area contributed by atoms with Crippen molar-refractivity contribution in [1.82, 2.24) is 15.1 Å². The van der Waals surface area contributed by atoms with Crippen molar-refractivity contribution in [2.24, 2.45) is 0 Å². The molecule has 2 heterocycles. The Balaban J connectivity index is 1.46. The molecule has 1 N–H and O–H groups in total. The Morgan fingerprint density at radius 2 is 1.96 bits per heavy atom. The van der Waals surface area contributed by atoms with Crippen LogP contribution in [0.2, 0.25) is 0 Å². The van der Waals surface area contributed by atoms with Gasteiger partial charge < -0.3 is 15.0 Å². The molecule has 2 fully saturated rings. The second-order valence-electron chi connectivity index (χ2n) is 7.62. The van der Waals surface area contributed by atoms with Crippen molar-refractivity contribution in [3.63, 3.8) is 0 Å². The van der Waals surface area contributed by atoms with Gasteiger partial charge in [0.15, 0.2) is 0 Å². The molecule has 1 saturated carbocycles. The molecular weight excluding hydrogens is 346 g/mol. The highest BCUT2D eigenvalue weighted by atomic mass is 16.5. The molecule has 1 saturated heterocycles. The van der Waals surface area contributed by atoms with Crippen LogP contribution in [0.3, 0.4) is 0 Å². The highest BCUT2D eigenvalue weighted by molar-refractivity contribution is 6.09. The van der Waals surface area contributed by atoms with Gasteiger partial charge in [-0.25, -0.2) is 4.79 Å². The van der Waals surface area contributed by atoms with Crippen LogP contribution in [-0.4, -0.2) is 53.4 Å². The summed E-state index contributed by atoms with van der Waals surface area (Å²) in [6.07, 6.45) is 4.97. The van der Waals surface area contributed by atoms with Gasteiger partial charge in [0.05, 0.1) is 12.6 Å². The third kappa shape index (κ3) is 2.95.